The number of amides is 1. The summed E-state index contributed by atoms with van der Waals surface area (Å²) in [6, 6.07) is 4.18. The topological polar surface area (TPSA) is 56.8 Å². The highest BCUT2D eigenvalue weighted by Crippen LogP contribution is 2.47. The molecule has 3 rings (SSSR count). The van der Waals surface area contributed by atoms with E-state index in [1.807, 2.05) is 20.8 Å². The Morgan fingerprint density at radius 1 is 1.14 bits per heavy atom. The van der Waals surface area contributed by atoms with Crippen LogP contribution in [0.4, 0.5) is 0 Å². The Morgan fingerprint density at radius 2 is 1.72 bits per heavy atom. The van der Waals surface area contributed by atoms with Crippen LogP contribution in [0, 0.1) is 20.8 Å². The Hall–Kier alpha value is -1.92. The van der Waals surface area contributed by atoms with Gasteiger partial charge in [0.2, 0.25) is 0 Å². The molecule has 2 aliphatic rings. The molecule has 5 nitrogen and oxygen atoms in total. The first kappa shape index (κ1) is 21.8. The summed E-state index contributed by atoms with van der Waals surface area (Å²) in [6.45, 7) is 10.9. The van der Waals surface area contributed by atoms with Crippen LogP contribution in [-0.2, 0) is 19.0 Å². The fourth-order valence-electron chi connectivity index (χ4n) is 4.80. The van der Waals surface area contributed by atoms with Gasteiger partial charge in [-0.3, -0.25) is 4.79 Å². The minimum absolute atomic E-state index is 0.0222. The van der Waals surface area contributed by atoms with Crippen LogP contribution in [0.15, 0.2) is 17.9 Å². The van der Waals surface area contributed by atoms with E-state index in [9.17, 15) is 4.79 Å². The Kier molecular flexibility index (Phi) is 6.06. The Labute approximate surface area is 178 Å². The largest absolute Gasteiger partial charge is 0.460 e. The van der Waals surface area contributed by atoms with E-state index in [4.69, 9.17) is 26.4 Å². The van der Waals surface area contributed by atoms with Crippen LogP contribution < -0.4 is 5.32 Å². The predicted octanol–water partition coefficient (Wildman–Crippen LogP) is 4.51. The average Bonchev–Trinajstić information content (AvgIpc) is 2.89. The lowest BCUT2D eigenvalue weighted by molar-refractivity contribution is -0.117. The average molecular weight is 418 g/mol. The van der Waals surface area contributed by atoms with E-state index in [0.29, 0.717) is 17.9 Å². The number of hydrogen-bond donors (Lipinski definition) is 1. The van der Waals surface area contributed by atoms with Crippen molar-refractivity contribution in [1.29, 1.82) is 0 Å². The maximum atomic E-state index is 13.2. The predicted molar refractivity (Wildman–Crippen MR) is 118 cm³/mol. The molecule has 29 heavy (non-hydrogen) atoms. The van der Waals surface area contributed by atoms with Crippen molar-refractivity contribution < 1.29 is 19.0 Å². The molecule has 1 aliphatic carbocycles. The Morgan fingerprint density at radius 3 is 2.24 bits per heavy atom. The van der Waals surface area contributed by atoms with E-state index in [2.05, 4.69) is 31.3 Å². The zero-order chi connectivity index (χ0) is 21.4. The van der Waals surface area contributed by atoms with Crippen LogP contribution in [0.1, 0.15) is 61.8 Å². The number of hydrogen-bond acceptors (Lipinski definition) is 5. The van der Waals surface area contributed by atoms with Crippen molar-refractivity contribution >= 4 is 28.9 Å². The molecule has 158 valence electrons. The maximum absolute atomic E-state index is 13.2. The van der Waals surface area contributed by atoms with Crippen LogP contribution in [0.3, 0.4) is 0 Å². The van der Waals surface area contributed by atoms with Crippen LogP contribution in [-0.4, -0.2) is 36.0 Å². The Bertz CT molecular complexity index is 843. The molecule has 1 heterocycles. The van der Waals surface area contributed by atoms with Crippen LogP contribution in [0.2, 0.25) is 0 Å². The number of rotatable bonds is 4. The van der Waals surface area contributed by atoms with Crippen LogP contribution in [0.25, 0.3) is 5.57 Å². The van der Waals surface area contributed by atoms with Crippen LogP contribution in [0.5, 0.6) is 0 Å². The van der Waals surface area contributed by atoms with Crippen molar-refractivity contribution in [3.8, 4) is 0 Å². The maximum Gasteiger partial charge on any atom is 0.357 e. The molecule has 0 bridgehead atoms. The van der Waals surface area contributed by atoms with E-state index < -0.39 is 5.54 Å². The van der Waals surface area contributed by atoms with Gasteiger partial charge >= 0.3 is 5.24 Å². The summed E-state index contributed by atoms with van der Waals surface area (Å²) in [6.07, 6.45) is 3.11. The number of nitrogens with one attached hydrogen (secondary N) is 1. The van der Waals surface area contributed by atoms with Gasteiger partial charge in [0.1, 0.15) is 5.76 Å². The van der Waals surface area contributed by atoms with Gasteiger partial charge in [0.25, 0.3) is 5.91 Å². The third-order valence-electron chi connectivity index (χ3n) is 6.17. The summed E-state index contributed by atoms with van der Waals surface area (Å²) in [5, 5.41) is 3.26. The molecule has 6 heteroatoms. The second-order valence-electron chi connectivity index (χ2n) is 8.45. The fraction of sp³-hybridized carbons (Fsp3) is 0.565. The third kappa shape index (κ3) is 4.05. The van der Waals surface area contributed by atoms with Gasteiger partial charge in [0.05, 0.1) is 23.8 Å². The van der Waals surface area contributed by atoms with Crippen molar-refractivity contribution in [3.05, 3.63) is 40.1 Å². The van der Waals surface area contributed by atoms with Gasteiger partial charge in [0.15, 0.2) is 0 Å². The number of thiocarbonyl (C=S) groups is 1. The van der Waals surface area contributed by atoms with Gasteiger partial charge in [-0.05, 0) is 77.0 Å². The molecule has 1 aromatic rings. The van der Waals surface area contributed by atoms with Crippen LogP contribution >= 0.6 is 12.2 Å². The summed E-state index contributed by atoms with van der Waals surface area (Å²) >= 11 is 5.22. The number of ether oxygens (including phenoxy) is 3. The van der Waals surface area contributed by atoms with E-state index in [0.717, 1.165) is 47.9 Å². The first-order valence-electron chi connectivity index (χ1n) is 10.2. The number of benzene rings is 1. The quantitative estimate of drug-likeness (QED) is 0.731. The van der Waals surface area contributed by atoms with E-state index in [-0.39, 0.29) is 16.7 Å². The highest BCUT2D eigenvalue weighted by molar-refractivity contribution is 7.79. The van der Waals surface area contributed by atoms with E-state index in [1.165, 1.54) is 7.11 Å². The smallest absolute Gasteiger partial charge is 0.357 e. The van der Waals surface area contributed by atoms with Gasteiger partial charge in [-0.25, -0.2) is 0 Å². The SMILES string of the molecule is CCOC1(C)CCC2(CC1)NC(=O)C(c1c(C)cc(C)cc1C)=C2OC(=S)OC. The number of methoxy groups -OCH3 is 1. The molecular weight excluding hydrogens is 386 g/mol. The van der Waals surface area contributed by atoms with Gasteiger partial charge in [-0.2, -0.15) is 0 Å². The second kappa shape index (κ2) is 8.07. The summed E-state index contributed by atoms with van der Waals surface area (Å²) in [7, 11) is 1.48. The van der Waals surface area contributed by atoms with E-state index in [1.54, 1.807) is 0 Å². The fourth-order valence-corrected chi connectivity index (χ4v) is 4.89. The van der Waals surface area contributed by atoms with Crippen molar-refractivity contribution in [2.45, 2.75) is 71.4 Å². The summed E-state index contributed by atoms with van der Waals surface area (Å²) in [4.78, 5) is 13.2. The molecule has 1 N–H and O–H groups in total. The normalized spacial score (nSPS) is 26.6. The molecule has 0 atom stereocenters. The molecule has 0 saturated heterocycles. The number of carbonyl (C=O) groups excluding carboxylic acids is 1. The Balaban J connectivity index is 2.11. The molecule has 1 aliphatic heterocycles. The molecule has 1 amide bonds. The monoisotopic (exact) mass is 417 g/mol. The van der Waals surface area contributed by atoms with Gasteiger partial charge in [0, 0.05) is 18.8 Å². The molecule has 0 radical (unpaired) electrons. The highest BCUT2D eigenvalue weighted by Gasteiger charge is 2.52. The lowest BCUT2D eigenvalue weighted by Crippen LogP contribution is -2.51. The molecule has 1 saturated carbocycles. The molecule has 1 aromatic carbocycles. The van der Waals surface area contributed by atoms with Crippen molar-refractivity contribution in [2.24, 2.45) is 0 Å². The zero-order valence-corrected chi connectivity index (χ0v) is 19.0. The number of carbonyl (C=O) groups is 1. The summed E-state index contributed by atoms with van der Waals surface area (Å²) in [5.74, 6) is 0.469. The van der Waals surface area contributed by atoms with E-state index >= 15 is 0 Å². The lowest BCUT2D eigenvalue weighted by atomic mass is 9.73. The van der Waals surface area contributed by atoms with Crippen molar-refractivity contribution in [2.75, 3.05) is 13.7 Å². The molecule has 0 aromatic heterocycles. The first-order chi connectivity index (χ1) is 13.6. The van der Waals surface area contributed by atoms with Gasteiger partial charge in [-0.1, -0.05) is 17.7 Å². The minimum atomic E-state index is -0.588. The molecular formula is C23H31NO4S. The lowest BCUT2D eigenvalue weighted by Gasteiger charge is -2.43. The van der Waals surface area contributed by atoms with Gasteiger partial charge < -0.3 is 19.5 Å². The first-order valence-corrected chi connectivity index (χ1v) is 10.6. The standard InChI is InChI=1S/C23H31NO4S/c1-7-27-22(5)8-10-23(11-9-22)19(28-21(29)26-6)18(20(25)24-23)17-15(3)12-14(2)13-16(17)4/h12-13H,7-11H2,1-6H3,(H,24,25). The molecule has 0 unspecified atom stereocenters. The van der Waals surface area contributed by atoms with Gasteiger partial charge in [-0.15, -0.1) is 0 Å². The van der Waals surface area contributed by atoms with Crippen molar-refractivity contribution in [1.82, 2.24) is 5.32 Å². The summed E-state index contributed by atoms with van der Waals surface area (Å²) in [5.41, 5.74) is 3.97. The highest BCUT2D eigenvalue weighted by atomic mass is 32.1. The zero-order valence-electron chi connectivity index (χ0n) is 18.2. The van der Waals surface area contributed by atoms with Crippen molar-refractivity contribution in [3.63, 3.8) is 0 Å². The number of aryl methyl sites for hydroxylation is 3. The summed E-state index contributed by atoms with van der Waals surface area (Å²) < 4.78 is 17.1. The molecule has 1 fully saturated rings. The second-order valence-corrected chi connectivity index (χ2v) is 8.79. The third-order valence-corrected chi connectivity index (χ3v) is 6.42. The minimum Gasteiger partial charge on any atom is -0.460 e. The molecule has 1 spiro atoms.